The molecule has 3 heterocycles. The van der Waals surface area contributed by atoms with Crippen LogP contribution in [0.2, 0.25) is 0 Å². The molecule has 0 saturated carbocycles. The summed E-state index contributed by atoms with van der Waals surface area (Å²) in [4.78, 5) is 57.6. The van der Waals surface area contributed by atoms with Crippen LogP contribution in [0.3, 0.4) is 0 Å². The number of nitrogens with zero attached hydrogens (tertiary/aromatic N) is 2. The summed E-state index contributed by atoms with van der Waals surface area (Å²) in [5, 5.41) is 15.4. The molecular formula is C36H42F4N4O8. The zero-order chi connectivity index (χ0) is 38.0. The number of esters is 1. The van der Waals surface area contributed by atoms with Crippen molar-refractivity contribution < 1.29 is 55.7 Å². The molecule has 1 saturated heterocycles. The first-order valence-electron chi connectivity index (χ1n) is 16.8. The van der Waals surface area contributed by atoms with Crippen molar-refractivity contribution in [2.75, 3.05) is 25.0 Å². The standard InChI is InChI=1S/C36H42F4N4O8/c1-21-6-4-14-41-30(46)13-8-22(2)32(23(3)19-51-35(49)42-26-11-9-24(10-12-26)36(38,39)40)52-34(48)29-7-5-15-44(29)33(47)28-20-50-31(43-28)18-25(37)17-27(45)16-21/h4,6,8-13,16,20,22-23,25,27,29,32,45H,5,7,14-15,17-19H2,1-3H3,(H,41,46)(H,42,49)/b6-4?,13-8+,21-16?/t22-,23+,25-,27-,29-,32+/m1/s1. The number of amides is 3. The lowest BCUT2D eigenvalue weighted by Gasteiger charge is -2.30. The van der Waals surface area contributed by atoms with Gasteiger partial charge in [-0.2, -0.15) is 13.2 Å². The Balaban J connectivity index is 1.52. The Morgan fingerprint density at radius 2 is 1.92 bits per heavy atom. The number of aliphatic hydroxyl groups excluding tert-OH is 1. The molecule has 2 aliphatic heterocycles. The normalized spacial score (nSPS) is 25.3. The van der Waals surface area contributed by atoms with Gasteiger partial charge in [-0.1, -0.05) is 43.7 Å². The molecule has 6 atom stereocenters. The van der Waals surface area contributed by atoms with Crippen LogP contribution in [0.5, 0.6) is 0 Å². The summed E-state index contributed by atoms with van der Waals surface area (Å²) >= 11 is 0. The molecule has 1 aromatic carbocycles. The topological polar surface area (TPSA) is 160 Å². The van der Waals surface area contributed by atoms with Gasteiger partial charge in [-0.15, -0.1) is 0 Å². The van der Waals surface area contributed by atoms with E-state index in [1.54, 1.807) is 32.9 Å². The number of aliphatic hydroxyl groups is 1. The number of nitrogens with one attached hydrogen (secondary N) is 2. The highest BCUT2D eigenvalue weighted by atomic mass is 19.4. The maximum Gasteiger partial charge on any atom is 0.416 e. The van der Waals surface area contributed by atoms with Crippen LogP contribution in [0, 0.1) is 11.8 Å². The fourth-order valence-electron chi connectivity index (χ4n) is 5.83. The third kappa shape index (κ3) is 11.5. The zero-order valence-corrected chi connectivity index (χ0v) is 28.9. The van der Waals surface area contributed by atoms with Gasteiger partial charge < -0.3 is 29.2 Å². The van der Waals surface area contributed by atoms with Crippen LogP contribution in [-0.4, -0.2) is 83.0 Å². The molecule has 0 aliphatic carbocycles. The molecule has 1 fully saturated rings. The number of benzene rings is 1. The highest BCUT2D eigenvalue weighted by Gasteiger charge is 2.39. The number of fused-ring (bicyclic) bond motifs is 3. The molecular weight excluding hydrogens is 692 g/mol. The number of allylic oxidation sites excluding steroid dienone is 2. The van der Waals surface area contributed by atoms with Gasteiger partial charge in [0.15, 0.2) is 11.6 Å². The molecule has 1 aromatic heterocycles. The first-order valence-corrected chi connectivity index (χ1v) is 16.8. The van der Waals surface area contributed by atoms with Gasteiger partial charge in [-0.3, -0.25) is 14.9 Å². The lowest BCUT2D eigenvalue weighted by Crippen LogP contribution is -2.44. The number of halogens is 4. The van der Waals surface area contributed by atoms with Gasteiger partial charge >= 0.3 is 18.2 Å². The van der Waals surface area contributed by atoms with Crippen LogP contribution in [0.4, 0.5) is 28.0 Å². The molecule has 0 spiro atoms. The molecule has 0 unspecified atom stereocenters. The van der Waals surface area contributed by atoms with Gasteiger partial charge in [0.05, 0.1) is 24.7 Å². The molecule has 4 rings (SSSR count). The SMILES string of the molecule is CC1=C[C@@H](O)C[C@@H](F)Cc2nc(co2)C(=O)N2CCC[C@@H]2C(=O)O[C@H]([C@@H](C)COC(=O)Nc2ccc(C(F)(F)F)cc2)[C@H](C)/C=C/C(=O)NCC=C1. The van der Waals surface area contributed by atoms with Crippen LogP contribution in [0.25, 0.3) is 0 Å². The van der Waals surface area contributed by atoms with Gasteiger partial charge in [0.1, 0.15) is 24.6 Å². The predicted molar refractivity (Wildman–Crippen MR) is 179 cm³/mol. The summed E-state index contributed by atoms with van der Waals surface area (Å²) in [7, 11) is 0. The maximum atomic E-state index is 14.8. The highest BCUT2D eigenvalue weighted by molar-refractivity contribution is 5.95. The average Bonchev–Trinajstić information content (AvgIpc) is 3.76. The van der Waals surface area contributed by atoms with E-state index >= 15 is 0 Å². The lowest BCUT2D eigenvalue weighted by atomic mass is 9.93. The van der Waals surface area contributed by atoms with E-state index in [1.807, 2.05) is 0 Å². The number of hydrogen-bond donors (Lipinski definition) is 3. The second-order valence-corrected chi connectivity index (χ2v) is 12.8. The Morgan fingerprint density at radius 3 is 2.63 bits per heavy atom. The van der Waals surface area contributed by atoms with E-state index < -0.39 is 71.9 Å². The molecule has 0 radical (unpaired) electrons. The van der Waals surface area contributed by atoms with Crippen molar-refractivity contribution >= 4 is 29.6 Å². The Hall–Kier alpha value is -4.99. The smallest absolute Gasteiger partial charge is 0.416 e. The van der Waals surface area contributed by atoms with E-state index in [2.05, 4.69) is 15.6 Å². The van der Waals surface area contributed by atoms with Crippen molar-refractivity contribution in [1.29, 1.82) is 0 Å². The summed E-state index contributed by atoms with van der Waals surface area (Å²) in [5.41, 5.74) is -0.309. The van der Waals surface area contributed by atoms with E-state index in [0.29, 0.717) is 12.0 Å². The number of anilines is 1. The van der Waals surface area contributed by atoms with Gasteiger partial charge in [-0.25, -0.2) is 19.0 Å². The Kier molecular flexibility index (Phi) is 13.8. The molecule has 52 heavy (non-hydrogen) atoms. The molecule has 282 valence electrons. The summed E-state index contributed by atoms with van der Waals surface area (Å²) in [6.45, 7) is 5.10. The van der Waals surface area contributed by atoms with E-state index in [-0.39, 0.29) is 56.2 Å². The summed E-state index contributed by atoms with van der Waals surface area (Å²) < 4.78 is 70.1. The Bertz CT molecular complexity index is 1660. The Labute approximate surface area is 297 Å². The number of alkyl halides is 4. The Morgan fingerprint density at radius 1 is 1.19 bits per heavy atom. The van der Waals surface area contributed by atoms with Crippen LogP contribution < -0.4 is 10.6 Å². The molecule has 2 aromatic rings. The minimum atomic E-state index is -4.54. The summed E-state index contributed by atoms with van der Waals surface area (Å²) in [6, 6.07) is 2.79. The van der Waals surface area contributed by atoms with Crippen molar-refractivity contribution in [2.45, 2.75) is 77.1 Å². The number of ether oxygens (including phenoxy) is 2. The van der Waals surface area contributed by atoms with Crippen molar-refractivity contribution in [3.8, 4) is 0 Å². The molecule has 12 nitrogen and oxygen atoms in total. The number of carbonyl (C=O) groups is 4. The number of aromatic nitrogens is 1. The number of hydrogen-bond acceptors (Lipinski definition) is 9. The zero-order valence-electron chi connectivity index (χ0n) is 28.9. The van der Waals surface area contributed by atoms with Gasteiger partial charge in [-0.05, 0) is 50.1 Å². The predicted octanol–water partition coefficient (Wildman–Crippen LogP) is 5.55. The van der Waals surface area contributed by atoms with Crippen molar-refractivity contribution in [2.24, 2.45) is 11.8 Å². The molecule has 16 heteroatoms. The number of cyclic esters (lactones) is 1. The van der Waals surface area contributed by atoms with Crippen LogP contribution >= 0.6 is 0 Å². The van der Waals surface area contributed by atoms with Crippen molar-refractivity contribution in [1.82, 2.24) is 15.2 Å². The second-order valence-electron chi connectivity index (χ2n) is 12.8. The number of oxazole rings is 1. The van der Waals surface area contributed by atoms with E-state index in [4.69, 9.17) is 13.9 Å². The molecule has 3 N–H and O–H groups in total. The van der Waals surface area contributed by atoms with Crippen molar-refractivity contribution in [3.63, 3.8) is 0 Å². The molecule has 2 aliphatic rings. The third-order valence-electron chi connectivity index (χ3n) is 8.50. The quantitative estimate of drug-likeness (QED) is 0.270. The fraction of sp³-hybridized carbons (Fsp3) is 0.472. The first-order chi connectivity index (χ1) is 24.6. The van der Waals surface area contributed by atoms with E-state index in [9.17, 15) is 41.8 Å². The van der Waals surface area contributed by atoms with Crippen LogP contribution in [0.1, 0.15) is 62.0 Å². The van der Waals surface area contributed by atoms with Gasteiger partial charge in [0.25, 0.3) is 5.91 Å². The number of rotatable bonds is 4. The van der Waals surface area contributed by atoms with E-state index in [0.717, 1.165) is 30.5 Å². The maximum absolute atomic E-state index is 14.8. The molecule has 3 amide bonds. The minimum absolute atomic E-state index is 0.0482. The van der Waals surface area contributed by atoms with Crippen LogP contribution in [0.15, 0.2) is 70.9 Å². The molecule has 2 bridgehead atoms. The van der Waals surface area contributed by atoms with Crippen LogP contribution in [-0.2, 0) is 31.7 Å². The van der Waals surface area contributed by atoms with Gasteiger partial charge in [0.2, 0.25) is 5.91 Å². The lowest BCUT2D eigenvalue weighted by molar-refractivity contribution is -0.159. The average molecular weight is 735 g/mol. The highest BCUT2D eigenvalue weighted by Crippen LogP contribution is 2.30. The largest absolute Gasteiger partial charge is 0.460 e. The van der Waals surface area contributed by atoms with Gasteiger partial charge in [0, 0.05) is 37.0 Å². The number of carbonyl (C=O) groups excluding carboxylic acids is 4. The minimum Gasteiger partial charge on any atom is -0.460 e. The third-order valence-corrected chi connectivity index (χ3v) is 8.50. The van der Waals surface area contributed by atoms with Crippen molar-refractivity contribution in [3.05, 3.63) is 83.6 Å². The summed E-state index contributed by atoms with van der Waals surface area (Å²) in [5.74, 6) is -3.13. The fourth-order valence-corrected chi connectivity index (χ4v) is 5.83. The summed E-state index contributed by atoms with van der Waals surface area (Å²) in [6.07, 6.45) is -0.240. The van der Waals surface area contributed by atoms with E-state index in [1.165, 1.54) is 23.1 Å². The second kappa shape index (κ2) is 18.0. The first kappa shape index (κ1) is 39.8. The monoisotopic (exact) mass is 734 g/mol.